The van der Waals surface area contributed by atoms with Crippen molar-refractivity contribution >= 4 is 17.5 Å². The van der Waals surface area contributed by atoms with Crippen molar-refractivity contribution in [1.29, 1.82) is 0 Å². The summed E-state index contributed by atoms with van der Waals surface area (Å²) in [5, 5.41) is 9.09. The smallest absolute Gasteiger partial charge is 0.256 e. The van der Waals surface area contributed by atoms with Gasteiger partial charge in [0.1, 0.15) is 11.4 Å². The van der Waals surface area contributed by atoms with E-state index in [9.17, 15) is 9.59 Å². The predicted molar refractivity (Wildman–Crippen MR) is 138 cm³/mol. The van der Waals surface area contributed by atoms with Crippen molar-refractivity contribution in [2.45, 2.75) is 52.8 Å². The topological polar surface area (TPSA) is 96.3 Å². The van der Waals surface area contributed by atoms with Crippen LogP contribution < -0.4 is 10.3 Å². The number of likely N-dealkylation sites (tertiary alicyclic amines) is 1. The Morgan fingerprint density at radius 1 is 1.22 bits per heavy atom. The van der Waals surface area contributed by atoms with Gasteiger partial charge in [-0.2, -0.15) is 0 Å². The lowest BCUT2D eigenvalue weighted by Gasteiger charge is -2.35. The summed E-state index contributed by atoms with van der Waals surface area (Å²) < 4.78 is 7.90. The number of nitrogens with one attached hydrogen (secondary N) is 1. The lowest BCUT2D eigenvalue weighted by molar-refractivity contribution is 0.0725. The fraction of sp³-hybridized carbons (Fsp3) is 0.462. The normalized spacial score (nSPS) is 16.4. The minimum atomic E-state index is -0.218. The number of hydrogen-bond donors (Lipinski definition) is 1. The van der Waals surface area contributed by atoms with Gasteiger partial charge in [-0.1, -0.05) is 16.8 Å². The van der Waals surface area contributed by atoms with Crippen molar-refractivity contribution in [3.8, 4) is 17.0 Å². The largest absolute Gasteiger partial charge is 0.489 e. The average Bonchev–Trinajstić information content (AvgIpc) is 3.26. The molecule has 3 aromatic rings. The zero-order valence-electron chi connectivity index (χ0n) is 21.3. The Bertz CT molecular complexity index is 1390. The highest BCUT2D eigenvalue weighted by Crippen LogP contribution is 2.41. The maximum absolute atomic E-state index is 13.8. The molecule has 5 rings (SSSR count). The van der Waals surface area contributed by atoms with Gasteiger partial charge in [0.05, 0.1) is 35.5 Å². The Kier molecular flexibility index (Phi) is 6.38. The molecular weight excluding hydrogens is 480 g/mol. The second kappa shape index (κ2) is 9.37. The van der Waals surface area contributed by atoms with Gasteiger partial charge in [0.15, 0.2) is 0 Å². The first-order valence-electron chi connectivity index (χ1n) is 12.2. The molecule has 2 aliphatic rings. The summed E-state index contributed by atoms with van der Waals surface area (Å²) >= 11 is 6.79. The molecule has 2 aliphatic heterocycles. The van der Waals surface area contributed by atoms with Crippen LogP contribution in [0.15, 0.2) is 23.1 Å². The number of ether oxygens (including phenoxy) is 1. The van der Waals surface area contributed by atoms with Crippen LogP contribution in [0.3, 0.4) is 0 Å². The first kappa shape index (κ1) is 24.5. The van der Waals surface area contributed by atoms with Crippen LogP contribution in [0.25, 0.3) is 11.3 Å². The van der Waals surface area contributed by atoms with Crippen LogP contribution in [-0.2, 0) is 13.0 Å². The highest BCUT2D eigenvalue weighted by atomic mass is 35.5. The lowest BCUT2D eigenvalue weighted by atomic mass is 9.91. The Morgan fingerprint density at radius 2 is 1.97 bits per heavy atom. The number of nitrogens with zero attached hydrogens (tertiary/aromatic N) is 5. The van der Waals surface area contributed by atoms with Gasteiger partial charge in [0, 0.05) is 36.5 Å². The lowest BCUT2D eigenvalue weighted by Crippen LogP contribution is -2.45. The Balaban J connectivity index is 1.55. The van der Waals surface area contributed by atoms with Crippen molar-refractivity contribution < 1.29 is 9.53 Å². The number of aromatic nitrogens is 4. The van der Waals surface area contributed by atoms with E-state index in [0.29, 0.717) is 46.6 Å². The molecule has 9 nitrogen and oxygen atoms in total. The van der Waals surface area contributed by atoms with Crippen molar-refractivity contribution in [3.63, 3.8) is 0 Å². The molecule has 0 bridgehead atoms. The standard InChI is InChI=1S/C26H31ClN6O3/c1-14(2)36-22-9-19(21-13-33(30-29-21)17-10-31(5)11-17)18-6-7-32(26(35)23(18)24(22)27)12-20-15(3)8-16(4)28-25(20)34/h8-9,13-14,17H,6-7,10-12H2,1-5H3,(H,28,34). The van der Waals surface area contributed by atoms with E-state index in [1.807, 2.05) is 50.7 Å². The number of amides is 1. The number of rotatable bonds is 6. The van der Waals surface area contributed by atoms with Crippen molar-refractivity contribution in [2.75, 3.05) is 26.7 Å². The molecule has 4 heterocycles. The molecular formula is C26H31ClN6O3. The highest BCUT2D eigenvalue weighted by molar-refractivity contribution is 6.35. The zero-order valence-corrected chi connectivity index (χ0v) is 22.0. The quantitative estimate of drug-likeness (QED) is 0.546. The number of carbonyl (C=O) groups is 1. The van der Waals surface area contributed by atoms with Crippen LogP contribution in [0.1, 0.15) is 52.6 Å². The number of benzene rings is 1. The van der Waals surface area contributed by atoms with E-state index in [0.717, 1.165) is 35.5 Å². The first-order valence-corrected chi connectivity index (χ1v) is 12.6. The van der Waals surface area contributed by atoms with Crippen LogP contribution in [0.2, 0.25) is 5.02 Å². The van der Waals surface area contributed by atoms with E-state index in [1.54, 1.807) is 4.90 Å². The third-order valence-corrected chi connectivity index (χ3v) is 7.26. The second-order valence-corrected chi connectivity index (χ2v) is 10.5. The van der Waals surface area contributed by atoms with Gasteiger partial charge in [-0.15, -0.1) is 5.10 Å². The van der Waals surface area contributed by atoms with Crippen LogP contribution in [0.4, 0.5) is 0 Å². The molecule has 0 unspecified atom stereocenters. The van der Waals surface area contributed by atoms with Crippen LogP contribution in [-0.4, -0.2) is 68.5 Å². The Hall–Kier alpha value is -3.17. The van der Waals surface area contributed by atoms with E-state index < -0.39 is 0 Å². The van der Waals surface area contributed by atoms with Crippen molar-refractivity contribution in [2.24, 2.45) is 0 Å². The molecule has 2 aromatic heterocycles. The summed E-state index contributed by atoms with van der Waals surface area (Å²) in [5.74, 6) is 0.224. The molecule has 0 aliphatic carbocycles. The maximum Gasteiger partial charge on any atom is 0.256 e. The number of aryl methyl sites for hydroxylation is 2. The van der Waals surface area contributed by atoms with Gasteiger partial charge in [-0.05, 0) is 64.4 Å². The van der Waals surface area contributed by atoms with E-state index in [1.165, 1.54) is 0 Å². The van der Waals surface area contributed by atoms with Gasteiger partial charge in [-0.3, -0.25) is 9.59 Å². The fourth-order valence-electron chi connectivity index (χ4n) is 5.06. The molecule has 36 heavy (non-hydrogen) atoms. The minimum absolute atomic E-state index is 0.127. The number of halogens is 1. The number of fused-ring (bicyclic) bond motifs is 1. The van der Waals surface area contributed by atoms with E-state index in [4.69, 9.17) is 16.3 Å². The molecule has 0 saturated carbocycles. The van der Waals surface area contributed by atoms with E-state index >= 15 is 0 Å². The fourth-order valence-corrected chi connectivity index (χ4v) is 5.35. The summed E-state index contributed by atoms with van der Waals surface area (Å²) in [4.78, 5) is 33.1. The summed E-state index contributed by atoms with van der Waals surface area (Å²) in [5.41, 5.74) is 4.81. The number of hydrogen-bond acceptors (Lipinski definition) is 6. The first-order chi connectivity index (χ1) is 17.1. The minimum Gasteiger partial charge on any atom is -0.489 e. The number of aromatic amines is 1. The summed E-state index contributed by atoms with van der Waals surface area (Å²) in [6, 6.07) is 4.08. The van der Waals surface area contributed by atoms with Gasteiger partial charge in [-0.25, -0.2) is 4.68 Å². The van der Waals surface area contributed by atoms with Crippen molar-refractivity contribution in [3.05, 3.63) is 61.7 Å². The van der Waals surface area contributed by atoms with Crippen LogP contribution in [0.5, 0.6) is 5.75 Å². The van der Waals surface area contributed by atoms with Gasteiger partial charge in [0.2, 0.25) is 0 Å². The monoisotopic (exact) mass is 510 g/mol. The van der Waals surface area contributed by atoms with E-state index in [-0.39, 0.29) is 24.1 Å². The van der Waals surface area contributed by atoms with Crippen LogP contribution >= 0.6 is 11.6 Å². The Labute approximate surface area is 215 Å². The number of likely N-dealkylation sites (N-methyl/N-ethyl adjacent to an activating group) is 1. The van der Waals surface area contributed by atoms with Crippen LogP contribution in [0, 0.1) is 13.8 Å². The molecule has 1 aromatic carbocycles. The van der Waals surface area contributed by atoms with E-state index in [2.05, 4.69) is 27.2 Å². The summed E-state index contributed by atoms with van der Waals surface area (Å²) in [6.45, 7) is 10.1. The summed E-state index contributed by atoms with van der Waals surface area (Å²) in [6.07, 6.45) is 2.39. The Morgan fingerprint density at radius 3 is 2.64 bits per heavy atom. The zero-order chi connectivity index (χ0) is 25.7. The van der Waals surface area contributed by atoms with Gasteiger partial charge in [0.25, 0.3) is 11.5 Å². The SMILES string of the molecule is Cc1cc(C)c(CN2CCc3c(-c4cn(C5CN(C)C5)nn4)cc(OC(C)C)c(Cl)c3C2=O)c(=O)[nH]1. The van der Waals surface area contributed by atoms with Crippen molar-refractivity contribution in [1.82, 2.24) is 29.8 Å². The molecule has 1 saturated heterocycles. The summed E-state index contributed by atoms with van der Waals surface area (Å²) in [7, 11) is 2.07. The predicted octanol–water partition coefficient (Wildman–Crippen LogP) is 3.38. The number of carbonyl (C=O) groups excluding carboxylic acids is 1. The molecule has 1 fully saturated rings. The maximum atomic E-state index is 13.8. The molecule has 1 amide bonds. The molecule has 0 radical (unpaired) electrons. The average molecular weight is 511 g/mol. The molecule has 10 heteroatoms. The van der Waals surface area contributed by atoms with Gasteiger partial charge < -0.3 is 19.5 Å². The molecule has 0 spiro atoms. The molecule has 1 N–H and O–H groups in total. The molecule has 190 valence electrons. The third-order valence-electron chi connectivity index (χ3n) is 6.88. The van der Waals surface area contributed by atoms with Gasteiger partial charge >= 0.3 is 0 Å². The number of pyridine rings is 1. The second-order valence-electron chi connectivity index (χ2n) is 10.1. The third kappa shape index (κ3) is 4.41. The molecule has 0 atom stereocenters. The highest BCUT2D eigenvalue weighted by Gasteiger charge is 2.33. The number of H-pyrrole nitrogens is 1.